The quantitative estimate of drug-likeness (QED) is 0.903. The average molecular weight is 276 g/mol. The first-order valence-electron chi connectivity index (χ1n) is 5.98. The van der Waals surface area contributed by atoms with Gasteiger partial charge in [-0.25, -0.2) is 4.79 Å². The number of halogens is 3. The summed E-state index contributed by atoms with van der Waals surface area (Å²) in [6, 6.07) is 0. The molecule has 19 heavy (non-hydrogen) atoms. The summed E-state index contributed by atoms with van der Waals surface area (Å²) < 4.78 is 38.3. The fourth-order valence-electron chi connectivity index (χ4n) is 2.47. The lowest BCUT2D eigenvalue weighted by molar-refractivity contribution is -0.143. The molecule has 106 valence electrons. The standard InChI is InChI=1S/C12H15F3N2O2/c1-11(2)4-3-7-8(5-11)17(6-12(13,14)15)16-9(7)10(18)19/h3-6H2,1-2H3,(H,18,19). The molecule has 0 amide bonds. The number of rotatable bonds is 2. The van der Waals surface area contributed by atoms with Crippen molar-refractivity contribution in [1.82, 2.24) is 9.78 Å². The van der Waals surface area contributed by atoms with E-state index in [4.69, 9.17) is 5.11 Å². The molecule has 7 heteroatoms. The molecule has 4 nitrogen and oxygen atoms in total. The third kappa shape index (κ3) is 2.90. The Labute approximate surface area is 108 Å². The van der Waals surface area contributed by atoms with E-state index in [-0.39, 0.29) is 11.1 Å². The molecule has 1 aromatic rings. The molecule has 0 saturated carbocycles. The fraction of sp³-hybridized carbons (Fsp3) is 0.667. The molecule has 0 fully saturated rings. The Morgan fingerprint density at radius 3 is 2.63 bits per heavy atom. The molecule has 0 aromatic carbocycles. The van der Waals surface area contributed by atoms with Crippen LogP contribution in [0.15, 0.2) is 0 Å². The highest BCUT2D eigenvalue weighted by Crippen LogP contribution is 2.36. The molecule has 0 spiro atoms. The minimum Gasteiger partial charge on any atom is -0.476 e. The summed E-state index contributed by atoms with van der Waals surface area (Å²) in [5.41, 5.74) is 0.489. The van der Waals surface area contributed by atoms with E-state index in [1.807, 2.05) is 13.8 Å². The van der Waals surface area contributed by atoms with Crippen LogP contribution in [-0.2, 0) is 19.4 Å². The summed E-state index contributed by atoms with van der Waals surface area (Å²) in [6.07, 6.45) is -2.78. The van der Waals surface area contributed by atoms with E-state index < -0.39 is 18.7 Å². The van der Waals surface area contributed by atoms with E-state index in [9.17, 15) is 18.0 Å². The van der Waals surface area contributed by atoms with Crippen molar-refractivity contribution in [2.24, 2.45) is 5.41 Å². The Morgan fingerprint density at radius 1 is 1.47 bits per heavy atom. The second-order valence-electron chi connectivity index (χ2n) is 5.69. The Balaban J connectivity index is 2.47. The van der Waals surface area contributed by atoms with Crippen molar-refractivity contribution in [1.29, 1.82) is 0 Å². The minimum atomic E-state index is -4.41. The molecule has 0 bridgehead atoms. The number of fused-ring (bicyclic) bond motifs is 1. The zero-order valence-electron chi connectivity index (χ0n) is 10.7. The van der Waals surface area contributed by atoms with Crippen molar-refractivity contribution < 1.29 is 23.1 Å². The minimum absolute atomic E-state index is 0.133. The van der Waals surface area contributed by atoms with Crippen LogP contribution in [0.5, 0.6) is 0 Å². The first-order valence-corrected chi connectivity index (χ1v) is 5.98. The maximum Gasteiger partial charge on any atom is 0.408 e. The van der Waals surface area contributed by atoms with Crippen LogP contribution in [0.2, 0.25) is 0 Å². The predicted octanol–water partition coefficient (Wildman–Crippen LogP) is 2.66. The van der Waals surface area contributed by atoms with E-state index in [0.717, 1.165) is 11.1 Å². The number of carbonyl (C=O) groups is 1. The van der Waals surface area contributed by atoms with Gasteiger partial charge in [0.2, 0.25) is 0 Å². The summed E-state index contributed by atoms with van der Waals surface area (Å²) >= 11 is 0. The van der Waals surface area contributed by atoms with Crippen LogP contribution in [0.3, 0.4) is 0 Å². The maximum atomic E-state index is 12.5. The second-order valence-corrected chi connectivity index (χ2v) is 5.69. The second kappa shape index (κ2) is 4.25. The Hall–Kier alpha value is -1.53. The Kier molecular flexibility index (Phi) is 3.10. The largest absolute Gasteiger partial charge is 0.476 e. The Bertz CT molecular complexity index is 518. The number of hydrogen-bond donors (Lipinski definition) is 1. The summed E-state index contributed by atoms with van der Waals surface area (Å²) in [5, 5.41) is 12.7. The van der Waals surface area contributed by atoms with E-state index in [0.29, 0.717) is 24.1 Å². The fourth-order valence-corrected chi connectivity index (χ4v) is 2.47. The zero-order valence-corrected chi connectivity index (χ0v) is 10.7. The third-order valence-electron chi connectivity index (χ3n) is 3.40. The highest BCUT2D eigenvalue weighted by molar-refractivity contribution is 5.87. The third-order valence-corrected chi connectivity index (χ3v) is 3.40. The van der Waals surface area contributed by atoms with Gasteiger partial charge in [-0.2, -0.15) is 18.3 Å². The number of aromatic nitrogens is 2. The topological polar surface area (TPSA) is 55.1 Å². The molecular weight excluding hydrogens is 261 g/mol. The molecule has 0 radical (unpaired) electrons. The number of nitrogens with zero attached hydrogens (tertiary/aromatic N) is 2. The van der Waals surface area contributed by atoms with Gasteiger partial charge in [0.05, 0.1) is 0 Å². The van der Waals surface area contributed by atoms with Gasteiger partial charge < -0.3 is 5.11 Å². The van der Waals surface area contributed by atoms with Crippen LogP contribution in [0, 0.1) is 5.41 Å². The summed E-state index contributed by atoms with van der Waals surface area (Å²) in [5.74, 6) is -1.27. The molecule has 1 aliphatic carbocycles. The lowest BCUT2D eigenvalue weighted by atomic mass is 9.76. The van der Waals surface area contributed by atoms with Crippen LogP contribution < -0.4 is 0 Å². The lowest BCUT2D eigenvalue weighted by Gasteiger charge is -2.30. The number of hydrogen-bond acceptors (Lipinski definition) is 2. The van der Waals surface area contributed by atoms with Gasteiger partial charge in [-0.05, 0) is 24.7 Å². The summed E-state index contributed by atoms with van der Waals surface area (Å²) in [6.45, 7) is 2.68. The van der Waals surface area contributed by atoms with Gasteiger partial charge in [-0.15, -0.1) is 0 Å². The maximum absolute atomic E-state index is 12.5. The summed E-state index contributed by atoms with van der Waals surface area (Å²) in [7, 11) is 0. The van der Waals surface area contributed by atoms with Gasteiger partial charge in [0, 0.05) is 11.3 Å². The van der Waals surface area contributed by atoms with Crippen molar-refractivity contribution in [2.45, 2.75) is 45.8 Å². The van der Waals surface area contributed by atoms with Gasteiger partial charge in [0.1, 0.15) is 6.54 Å². The van der Waals surface area contributed by atoms with E-state index >= 15 is 0 Å². The first kappa shape index (κ1) is 13.9. The lowest BCUT2D eigenvalue weighted by Crippen LogP contribution is -2.27. The van der Waals surface area contributed by atoms with Crippen molar-refractivity contribution in [3.05, 3.63) is 17.0 Å². The molecule has 0 unspecified atom stereocenters. The molecule has 0 aliphatic heterocycles. The number of carboxylic acids is 1. The number of alkyl halides is 3. The highest BCUT2D eigenvalue weighted by Gasteiger charge is 2.36. The van der Waals surface area contributed by atoms with Crippen LogP contribution in [0.4, 0.5) is 13.2 Å². The SMILES string of the molecule is CC1(C)CCc2c(C(=O)O)nn(CC(F)(F)F)c2C1. The van der Waals surface area contributed by atoms with Gasteiger partial charge >= 0.3 is 12.1 Å². The zero-order chi connectivity index (χ0) is 14.4. The van der Waals surface area contributed by atoms with Crippen LogP contribution in [0.25, 0.3) is 0 Å². The van der Waals surface area contributed by atoms with Crippen molar-refractivity contribution in [2.75, 3.05) is 0 Å². The normalized spacial score (nSPS) is 18.2. The van der Waals surface area contributed by atoms with Crippen LogP contribution >= 0.6 is 0 Å². The molecule has 1 N–H and O–H groups in total. The predicted molar refractivity (Wildman–Crippen MR) is 61.0 cm³/mol. The van der Waals surface area contributed by atoms with Crippen LogP contribution in [-0.4, -0.2) is 27.0 Å². The molecule has 1 aromatic heterocycles. The van der Waals surface area contributed by atoms with Crippen molar-refractivity contribution in [3.8, 4) is 0 Å². The molecule has 0 saturated heterocycles. The summed E-state index contributed by atoms with van der Waals surface area (Å²) in [4.78, 5) is 11.1. The van der Waals surface area contributed by atoms with E-state index in [1.165, 1.54) is 0 Å². The Morgan fingerprint density at radius 2 is 2.11 bits per heavy atom. The molecule has 1 heterocycles. The van der Waals surface area contributed by atoms with Crippen molar-refractivity contribution in [3.63, 3.8) is 0 Å². The molecule has 0 atom stereocenters. The monoisotopic (exact) mass is 276 g/mol. The van der Waals surface area contributed by atoms with Gasteiger partial charge in [-0.3, -0.25) is 4.68 Å². The molecule has 1 aliphatic rings. The first-order chi connectivity index (χ1) is 8.59. The number of aromatic carboxylic acids is 1. The van der Waals surface area contributed by atoms with Crippen LogP contribution in [0.1, 0.15) is 42.0 Å². The van der Waals surface area contributed by atoms with E-state index in [2.05, 4.69) is 5.10 Å². The average Bonchev–Trinajstić information content (AvgIpc) is 2.53. The smallest absolute Gasteiger partial charge is 0.408 e. The van der Waals surface area contributed by atoms with E-state index in [1.54, 1.807) is 0 Å². The molecule has 2 rings (SSSR count). The highest BCUT2D eigenvalue weighted by atomic mass is 19.4. The molecular formula is C12H15F3N2O2. The van der Waals surface area contributed by atoms with Gasteiger partial charge in [0.15, 0.2) is 5.69 Å². The number of carboxylic acid groups (broad SMARTS) is 1. The van der Waals surface area contributed by atoms with Gasteiger partial charge in [-0.1, -0.05) is 13.8 Å². The van der Waals surface area contributed by atoms with Crippen molar-refractivity contribution >= 4 is 5.97 Å². The van der Waals surface area contributed by atoms with Gasteiger partial charge in [0.25, 0.3) is 0 Å².